The van der Waals surface area contributed by atoms with E-state index in [2.05, 4.69) is 106 Å². The number of benzene rings is 5. The summed E-state index contributed by atoms with van der Waals surface area (Å²) in [6.07, 6.45) is 4.16. The zero-order chi connectivity index (χ0) is 26.8. The molecule has 0 atom stereocenters. The first-order valence-corrected chi connectivity index (χ1v) is 13.6. The molecule has 0 amide bonds. The fourth-order valence-electron chi connectivity index (χ4n) is 4.98. The number of hydrogen-bond acceptors (Lipinski definition) is 1. The minimum Gasteiger partial charge on any atom is -0.497 e. The fourth-order valence-corrected chi connectivity index (χ4v) is 5.47. The number of fused-ring (bicyclic) bond motifs is 2. The van der Waals surface area contributed by atoms with Gasteiger partial charge in [-0.1, -0.05) is 84.9 Å². The van der Waals surface area contributed by atoms with E-state index in [0.717, 1.165) is 28.3 Å². The molecule has 39 heavy (non-hydrogen) atoms. The second-order valence-corrected chi connectivity index (χ2v) is 10.3. The van der Waals surface area contributed by atoms with Crippen LogP contribution < -0.4 is 9.30 Å². The Morgan fingerprint density at radius 1 is 0.692 bits per heavy atom. The van der Waals surface area contributed by atoms with E-state index in [1.807, 2.05) is 24.3 Å². The highest BCUT2D eigenvalue weighted by atomic mass is 35.5. The predicted molar refractivity (Wildman–Crippen MR) is 163 cm³/mol. The van der Waals surface area contributed by atoms with Crippen molar-refractivity contribution in [3.05, 3.63) is 142 Å². The summed E-state index contributed by atoms with van der Waals surface area (Å²) in [5, 5.41) is 5.85. The number of rotatable bonds is 7. The molecule has 6 rings (SSSR count). The molecule has 0 unspecified atom stereocenters. The van der Waals surface area contributed by atoms with Gasteiger partial charge in [0.25, 0.3) is 16.1 Å². The van der Waals surface area contributed by atoms with Gasteiger partial charge in [0.05, 0.1) is 7.11 Å². The van der Waals surface area contributed by atoms with E-state index in [9.17, 15) is 0 Å². The molecule has 0 radical (unpaired) electrons. The molecule has 0 aliphatic heterocycles. The highest BCUT2D eigenvalue weighted by Crippen LogP contribution is 2.27. The van der Waals surface area contributed by atoms with Crippen molar-refractivity contribution in [3.63, 3.8) is 0 Å². The van der Waals surface area contributed by atoms with Crippen LogP contribution in [0.4, 0.5) is 0 Å². The Morgan fingerprint density at radius 2 is 1.28 bits per heavy atom. The van der Waals surface area contributed by atoms with E-state index >= 15 is 0 Å². The van der Waals surface area contributed by atoms with Crippen molar-refractivity contribution >= 4 is 56.9 Å². The standard InChI is InChI=1S/C34H27Cl2N2O/c1-39-31-17-12-24(13-18-31)14-19-32-37(22-25-10-15-27-6-2-4-8-29(27)20-25)33(35)34(36)38(32)23-26-11-16-28-7-3-5-9-30(28)21-26/h2-21H,22-23H2,1H3/q+1/b19-14+. The largest absolute Gasteiger partial charge is 0.497 e. The molecule has 0 N–H and O–H groups in total. The number of halogens is 2. The van der Waals surface area contributed by atoms with Gasteiger partial charge in [-0.05, 0) is 91.8 Å². The Kier molecular flexibility index (Phi) is 7.10. The Balaban J connectivity index is 1.43. The van der Waals surface area contributed by atoms with Gasteiger partial charge in [-0.15, -0.1) is 0 Å². The van der Waals surface area contributed by atoms with Crippen LogP contribution in [0.15, 0.2) is 109 Å². The van der Waals surface area contributed by atoms with Crippen LogP contribution in [0.3, 0.4) is 0 Å². The highest BCUT2D eigenvalue weighted by Gasteiger charge is 2.27. The third kappa shape index (κ3) is 5.29. The normalized spacial score (nSPS) is 11.6. The lowest BCUT2D eigenvalue weighted by atomic mass is 10.1. The van der Waals surface area contributed by atoms with Gasteiger partial charge in [0.1, 0.15) is 18.8 Å². The minimum absolute atomic E-state index is 0.514. The summed E-state index contributed by atoms with van der Waals surface area (Å²) in [7, 11) is 1.67. The lowest BCUT2D eigenvalue weighted by Crippen LogP contribution is -2.37. The Morgan fingerprint density at radius 3 is 1.92 bits per heavy atom. The molecule has 5 heteroatoms. The minimum atomic E-state index is 0.514. The zero-order valence-electron chi connectivity index (χ0n) is 21.5. The molecule has 0 aliphatic carbocycles. The van der Waals surface area contributed by atoms with Gasteiger partial charge in [0, 0.05) is 6.08 Å². The van der Waals surface area contributed by atoms with Crippen LogP contribution in [0.2, 0.25) is 10.3 Å². The maximum atomic E-state index is 6.93. The SMILES string of the molecule is COc1ccc(/C=C/c2n(Cc3ccc4ccccc4c3)c(Cl)c(Cl)[n+]2Cc2ccc3ccccc3c2)cc1. The molecule has 1 aromatic heterocycles. The van der Waals surface area contributed by atoms with Crippen LogP contribution in [0.5, 0.6) is 5.75 Å². The number of methoxy groups -OCH3 is 1. The first kappa shape index (κ1) is 25.2. The van der Waals surface area contributed by atoms with E-state index in [4.69, 9.17) is 27.9 Å². The van der Waals surface area contributed by atoms with Crippen molar-refractivity contribution in [3.8, 4) is 5.75 Å². The Hall–Kier alpha value is -4.05. The molecule has 0 saturated carbocycles. The molecule has 0 aliphatic rings. The van der Waals surface area contributed by atoms with Gasteiger partial charge in [-0.3, -0.25) is 0 Å². The predicted octanol–water partition coefficient (Wildman–Crippen LogP) is 8.66. The van der Waals surface area contributed by atoms with Crippen LogP contribution >= 0.6 is 23.2 Å². The van der Waals surface area contributed by atoms with E-state index < -0.39 is 0 Å². The monoisotopic (exact) mass is 549 g/mol. The van der Waals surface area contributed by atoms with Crippen LogP contribution in [0.25, 0.3) is 33.7 Å². The van der Waals surface area contributed by atoms with Crippen molar-refractivity contribution in [2.24, 2.45) is 0 Å². The Labute approximate surface area is 238 Å². The van der Waals surface area contributed by atoms with Crippen molar-refractivity contribution in [2.75, 3.05) is 7.11 Å². The number of hydrogen-bond donors (Lipinski definition) is 0. The first-order chi connectivity index (χ1) is 19.1. The van der Waals surface area contributed by atoms with Crippen LogP contribution in [-0.4, -0.2) is 11.7 Å². The average Bonchev–Trinajstić information content (AvgIpc) is 3.19. The van der Waals surface area contributed by atoms with E-state index in [1.54, 1.807) is 7.11 Å². The van der Waals surface area contributed by atoms with Crippen molar-refractivity contribution in [2.45, 2.75) is 13.1 Å². The summed E-state index contributed by atoms with van der Waals surface area (Å²) in [6, 6.07) is 37.8. The van der Waals surface area contributed by atoms with E-state index in [1.165, 1.54) is 21.5 Å². The molecule has 0 fully saturated rings. The molecular weight excluding hydrogens is 523 g/mol. The van der Waals surface area contributed by atoms with Gasteiger partial charge >= 0.3 is 0 Å². The summed E-state index contributed by atoms with van der Waals surface area (Å²) in [5.74, 6) is 1.74. The molecule has 0 saturated heterocycles. The number of imidazole rings is 1. The lowest BCUT2D eigenvalue weighted by molar-refractivity contribution is -0.687. The molecule has 192 valence electrons. The van der Waals surface area contributed by atoms with Gasteiger partial charge in [0.2, 0.25) is 0 Å². The van der Waals surface area contributed by atoms with Crippen molar-refractivity contribution in [1.29, 1.82) is 0 Å². The quantitative estimate of drug-likeness (QED) is 0.182. The van der Waals surface area contributed by atoms with Crippen LogP contribution in [-0.2, 0) is 13.1 Å². The van der Waals surface area contributed by atoms with Crippen LogP contribution in [0.1, 0.15) is 22.5 Å². The third-order valence-corrected chi connectivity index (χ3v) is 7.91. The van der Waals surface area contributed by atoms with Gasteiger partial charge < -0.3 is 4.74 Å². The second kappa shape index (κ2) is 11.0. The molecule has 5 aromatic carbocycles. The van der Waals surface area contributed by atoms with Crippen molar-refractivity contribution in [1.82, 2.24) is 4.57 Å². The first-order valence-electron chi connectivity index (χ1n) is 12.8. The number of nitrogens with zero attached hydrogens (tertiary/aromatic N) is 2. The highest BCUT2D eigenvalue weighted by molar-refractivity contribution is 6.40. The third-order valence-electron chi connectivity index (χ3n) is 7.05. The maximum absolute atomic E-state index is 6.93. The second-order valence-electron chi connectivity index (χ2n) is 9.58. The number of aromatic nitrogens is 2. The van der Waals surface area contributed by atoms with Gasteiger partial charge in [-0.25, -0.2) is 9.13 Å². The van der Waals surface area contributed by atoms with Gasteiger partial charge in [0.15, 0.2) is 0 Å². The van der Waals surface area contributed by atoms with E-state index in [-0.39, 0.29) is 0 Å². The molecule has 0 spiro atoms. The molecule has 1 heterocycles. The fraction of sp³-hybridized carbons (Fsp3) is 0.0882. The Bertz CT molecular complexity index is 1720. The topological polar surface area (TPSA) is 18.0 Å². The summed E-state index contributed by atoms with van der Waals surface area (Å²) in [5.41, 5.74) is 3.36. The number of ether oxygens (including phenoxy) is 1. The summed E-state index contributed by atoms with van der Waals surface area (Å²) in [4.78, 5) is 0. The van der Waals surface area contributed by atoms with Gasteiger partial charge in [-0.2, -0.15) is 0 Å². The lowest BCUT2D eigenvalue weighted by Gasteiger charge is -2.06. The van der Waals surface area contributed by atoms with Crippen molar-refractivity contribution < 1.29 is 9.30 Å². The molecule has 6 aromatic rings. The zero-order valence-corrected chi connectivity index (χ0v) is 23.0. The summed E-state index contributed by atoms with van der Waals surface area (Å²) in [6.45, 7) is 1.19. The summed E-state index contributed by atoms with van der Waals surface area (Å²) < 4.78 is 9.47. The maximum Gasteiger partial charge on any atom is 0.284 e. The molecule has 0 bridgehead atoms. The van der Waals surface area contributed by atoms with Crippen LogP contribution in [0, 0.1) is 0 Å². The molecular formula is C34H27Cl2N2O+. The smallest absolute Gasteiger partial charge is 0.284 e. The molecule has 3 nitrogen and oxygen atoms in total. The summed E-state index contributed by atoms with van der Waals surface area (Å²) >= 11 is 13.9. The average molecular weight is 551 g/mol. The van der Waals surface area contributed by atoms with E-state index in [0.29, 0.717) is 23.4 Å².